The number of carbonyl (C=O) groups excluding carboxylic acids is 1. The van der Waals surface area contributed by atoms with Gasteiger partial charge in [0.2, 0.25) is 5.91 Å². The minimum atomic E-state index is 0.378. The number of hydrogen-bond acceptors (Lipinski definition) is 5. The summed E-state index contributed by atoms with van der Waals surface area (Å²) in [5.41, 5.74) is 0. The van der Waals surface area contributed by atoms with Crippen molar-refractivity contribution < 1.29 is 4.79 Å². The molecule has 0 aromatic carbocycles. The van der Waals surface area contributed by atoms with Gasteiger partial charge in [-0.3, -0.25) is 9.69 Å². The van der Waals surface area contributed by atoms with Crippen LogP contribution in [0, 0.1) is 0 Å². The number of rotatable bonds is 6. The molecule has 3 aliphatic heterocycles. The zero-order valence-corrected chi connectivity index (χ0v) is 16.1. The fraction of sp³-hybridized carbons (Fsp3) is 0.947. The van der Waals surface area contributed by atoms with Gasteiger partial charge in [-0.2, -0.15) is 0 Å². The Morgan fingerprint density at radius 1 is 0.920 bits per heavy atom. The lowest BCUT2D eigenvalue weighted by Gasteiger charge is -2.42. The maximum atomic E-state index is 12.5. The highest BCUT2D eigenvalue weighted by Crippen LogP contribution is 2.18. The number of piperidine rings is 1. The molecule has 0 spiro atoms. The number of nitrogens with zero attached hydrogens (tertiary/aromatic N) is 4. The minimum absolute atomic E-state index is 0.378. The van der Waals surface area contributed by atoms with Gasteiger partial charge >= 0.3 is 0 Å². The van der Waals surface area contributed by atoms with Gasteiger partial charge < -0.3 is 20.0 Å². The van der Waals surface area contributed by atoms with E-state index < -0.39 is 0 Å². The van der Waals surface area contributed by atoms with Crippen LogP contribution in [0.2, 0.25) is 0 Å². The summed E-state index contributed by atoms with van der Waals surface area (Å²) in [6.07, 6.45) is 5.51. The molecule has 3 aliphatic rings. The monoisotopic (exact) mass is 351 g/mol. The molecule has 3 saturated heterocycles. The van der Waals surface area contributed by atoms with E-state index in [9.17, 15) is 4.79 Å². The highest BCUT2D eigenvalue weighted by atomic mass is 16.2. The van der Waals surface area contributed by atoms with Gasteiger partial charge in [-0.15, -0.1) is 0 Å². The molecule has 0 aromatic heterocycles. The van der Waals surface area contributed by atoms with Gasteiger partial charge in [0.15, 0.2) is 0 Å². The molecule has 3 heterocycles. The molecule has 0 aliphatic carbocycles. The van der Waals surface area contributed by atoms with Crippen LogP contribution in [0.3, 0.4) is 0 Å². The van der Waals surface area contributed by atoms with Crippen LogP contribution in [0.4, 0.5) is 0 Å². The number of piperazine rings is 2. The standard InChI is InChI=1S/C19H37N5O/c1-21-10-5-18(6-11-21)23-14-16-24(17-15-23)19(25)4-2-3-9-22-12-7-20-8-13-22/h18,20H,2-17H2,1H3. The fourth-order valence-electron chi connectivity index (χ4n) is 4.40. The van der Waals surface area contributed by atoms with Crippen molar-refractivity contribution >= 4 is 5.91 Å². The van der Waals surface area contributed by atoms with E-state index in [0.29, 0.717) is 5.91 Å². The molecule has 6 nitrogen and oxygen atoms in total. The number of hydrogen-bond donors (Lipinski definition) is 1. The van der Waals surface area contributed by atoms with Crippen molar-refractivity contribution in [1.29, 1.82) is 0 Å². The first-order chi connectivity index (χ1) is 12.2. The Labute approximate surface area is 153 Å². The molecule has 1 N–H and O–H groups in total. The summed E-state index contributed by atoms with van der Waals surface area (Å²) in [5, 5.41) is 3.39. The van der Waals surface area contributed by atoms with E-state index in [1.54, 1.807) is 0 Å². The topological polar surface area (TPSA) is 42.1 Å². The fourth-order valence-corrected chi connectivity index (χ4v) is 4.40. The van der Waals surface area contributed by atoms with E-state index >= 15 is 0 Å². The maximum Gasteiger partial charge on any atom is 0.222 e. The van der Waals surface area contributed by atoms with E-state index in [-0.39, 0.29) is 0 Å². The lowest BCUT2D eigenvalue weighted by atomic mass is 10.0. The smallest absolute Gasteiger partial charge is 0.222 e. The largest absolute Gasteiger partial charge is 0.340 e. The normalized spacial score (nSPS) is 25.4. The van der Waals surface area contributed by atoms with Gasteiger partial charge in [0.25, 0.3) is 0 Å². The third-order valence-corrected chi connectivity index (χ3v) is 6.20. The first-order valence-electron chi connectivity index (χ1n) is 10.4. The molecule has 0 atom stereocenters. The first-order valence-corrected chi connectivity index (χ1v) is 10.4. The SMILES string of the molecule is CN1CCC(N2CCN(C(=O)CCCCN3CCNCC3)CC2)CC1. The summed E-state index contributed by atoms with van der Waals surface area (Å²) >= 11 is 0. The average molecular weight is 352 g/mol. The number of unbranched alkanes of at least 4 members (excludes halogenated alkanes) is 1. The van der Waals surface area contributed by atoms with Crippen molar-refractivity contribution in [1.82, 2.24) is 24.9 Å². The Hall–Kier alpha value is -0.690. The zero-order valence-electron chi connectivity index (χ0n) is 16.1. The number of amides is 1. The van der Waals surface area contributed by atoms with E-state index in [4.69, 9.17) is 0 Å². The Balaban J connectivity index is 1.27. The second-order valence-corrected chi connectivity index (χ2v) is 8.00. The molecule has 0 aromatic rings. The molecule has 3 rings (SSSR count). The molecule has 1 amide bonds. The minimum Gasteiger partial charge on any atom is -0.340 e. The Morgan fingerprint density at radius 3 is 2.28 bits per heavy atom. The van der Waals surface area contributed by atoms with E-state index in [0.717, 1.165) is 84.2 Å². The Bertz CT molecular complexity index is 397. The summed E-state index contributed by atoms with van der Waals surface area (Å²) in [4.78, 5) is 22.1. The molecule has 6 heteroatoms. The Morgan fingerprint density at radius 2 is 1.60 bits per heavy atom. The molecular weight excluding hydrogens is 314 g/mol. The molecule has 25 heavy (non-hydrogen) atoms. The quantitative estimate of drug-likeness (QED) is 0.697. The lowest BCUT2D eigenvalue weighted by Crippen LogP contribution is -2.54. The van der Waals surface area contributed by atoms with Crippen molar-refractivity contribution in [3.05, 3.63) is 0 Å². The van der Waals surface area contributed by atoms with E-state index in [1.165, 1.54) is 25.9 Å². The molecule has 0 bridgehead atoms. The van der Waals surface area contributed by atoms with Crippen LogP contribution in [0.1, 0.15) is 32.1 Å². The van der Waals surface area contributed by atoms with Crippen molar-refractivity contribution in [3.8, 4) is 0 Å². The predicted molar refractivity (Wildman–Crippen MR) is 102 cm³/mol. The number of carbonyl (C=O) groups is 1. The van der Waals surface area contributed by atoms with Gasteiger partial charge in [0.05, 0.1) is 0 Å². The lowest BCUT2D eigenvalue weighted by molar-refractivity contribution is -0.133. The van der Waals surface area contributed by atoms with Crippen LogP contribution in [0.15, 0.2) is 0 Å². The molecular formula is C19H37N5O. The first kappa shape index (κ1) is 19.1. The number of nitrogens with one attached hydrogen (secondary N) is 1. The molecule has 0 saturated carbocycles. The van der Waals surface area contributed by atoms with Gasteiger partial charge in [0.1, 0.15) is 0 Å². The Kier molecular flexibility index (Phi) is 7.52. The molecule has 144 valence electrons. The second-order valence-electron chi connectivity index (χ2n) is 8.00. The van der Waals surface area contributed by atoms with E-state index in [2.05, 4.69) is 32.0 Å². The van der Waals surface area contributed by atoms with Gasteiger partial charge in [-0.1, -0.05) is 0 Å². The van der Waals surface area contributed by atoms with Crippen molar-refractivity contribution in [3.63, 3.8) is 0 Å². The van der Waals surface area contributed by atoms with Crippen LogP contribution in [-0.2, 0) is 4.79 Å². The summed E-state index contributed by atoms with van der Waals surface area (Å²) < 4.78 is 0. The van der Waals surface area contributed by atoms with Crippen LogP contribution >= 0.6 is 0 Å². The summed E-state index contributed by atoms with van der Waals surface area (Å²) in [7, 11) is 2.22. The van der Waals surface area contributed by atoms with E-state index in [1.807, 2.05) is 0 Å². The second kappa shape index (κ2) is 9.86. The summed E-state index contributed by atoms with van der Waals surface area (Å²) in [5.74, 6) is 0.378. The molecule has 3 fully saturated rings. The van der Waals surface area contributed by atoms with Crippen molar-refractivity contribution in [2.75, 3.05) is 79.0 Å². The van der Waals surface area contributed by atoms with Crippen molar-refractivity contribution in [2.45, 2.75) is 38.1 Å². The van der Waals surface area contributed by atoms with Crippen LogP contribution in [0.5, 0.6) is 0 Å². The number of likely N-dealkylation sites (tertiary alicyclic amines) is 1. The van der Waals surface area contributed by atoms with Crippen LogP contribution in [0.25, 0.3) is 0 Å². The third kappa shape index (κ3) is 5.91. The predicted octanol–water partition coefficient (Wildman–Crippen LogP) is 0.300. The molecule has 0 radical (unpaired) electrons. The highest BCUT2D eigenvalue weighted by molar-refractivity contribution is 5.76. The average Bonchev–Trinajstić information content (AvgIpc) is 2.67. The third-order valence-electron chi connectivity index (χ3n) is 6.20. The van der Waals surface area contributed by atoms with Gasteiger partial charge in [-0.25, -0.2) is 0 Å². The zero-order chi connectivity index (χ0) is 17.5. The summed E-state index contributed by atoms with van der Waals surface area (Å²) in [6.45, 7) is 12.1. The van der Waals surface area contributed by atoms with Gasteiger partial charge in [0, 0.05) is 64.8 Å². The van der Waals surface area contributed by atoms with Gasteiger partial charge in [-0.05, 0) is 52.4 Å². The van der Waals surface area contributed by atoms with Crippen LogP contribution in [-0.4, -0.2) is 111 Å². The summed E-state index contributed by atoms with van der Waals surface area (Å²) in [6, 6.07) is 0.743. The van der Waals surface area contributed by atoms with Crippen LogP contribution < -0.4 is 5.32 Å². The molecule has 0 unspecified atom stereocenters. The van der Waals surface area contributed by atoms with Crippen molar-refractivity contribution in [2.24, 2.45) is 0 Å². The maximum absolute atomic E-state index is 12.5. The highest BCUT2D eigenvalue weighted by Gasteiger charge is 2.27.